The number of nitrogen functional groups attached to an aromatic ring is 1. The molecule has 4 N–H and O–H groups in total. The summed E-state index contributed by atoms with van der Waals surface area (Å²) in [6.45, 7) is 0. The lowest BCUT2D eigenvalue weighted by Crippen LogP contribution is -2.24. The molecular formula is C9H10N4O. The topological polar surface area (TPSA) is 90.9 Å². The average Bonchev–Trinajstić information content (AvgIpc) is 2.20. The molecule has 14 heavy (non-hydrogen) atoms. The van der Waals surface area contributed by atoms with Gasteiger partial charge in [0.15, 0.2) is 0 Å². The minimum Gasteiger partial charge on any atom is -0.399 e. The SMILES string of the molecule is CNC(=O)Nc1ccc(N)cc1C#N. The summed E-state index contributed by atoms with van der Waals surface area (Å²) >= 11 is 0. The van der Waals surface area contributed by atoms with E-state index in [-0.39, 0.29) is 6.03 Å². The van der Waals surface area contributed by atoms with Crippen molar-refractivity contribution in [3.63, 3.8) is 0 Å². The number of hydrogen-bond acceptors (Lipinski definition) is 3. The molecule has 0 atom stereocenters. The summed E-state index contributed by atoms with van der Waals surface area (Å²) in [6, 6.07) is 6.28. The molecule has 1 aromatic rings. The van der Waals surface area contributed by atoms with Gasteiger partial charge in [-0.25, -0.2) is 4.79 Å². The largest absolute Gasteiger partial charge is 0.399 e. The van der Waals surface area contributed by atoms with Gasteiger partial charge in [-0.2, -0.15) is 5.26 Å². The van der Waals surface area contributed by atoms with Gasteiger partial charge in [0.1, 0.15) is 6.07 Å². The summed E-state index contributed by atoms with van der Waals surface area (Å²) < 4.78 is 0. The Morgan fingerprint density at radius 3 is 2.86 bits per heavy atom. The van der Waals surface area contributed by atoms with Gasteiger partial charge in [0.25, 0.3) is 0 Å². The third-order valence-corrected chi connectivity index (χ3v) is 1.64. The highest BCUT2D eigenvalue weighted by molar-refractivity contribution is 5.90. The number of benzene rings is 1. The Bertz CT molecular complexity index is 394. The van der Waals surface area contributed by atoms with Gasteiger partial charge >= 0.3 is 6.03 Å². The zero-order chi connectivity index (χ0) is 10.6. The summed E-state index contributed by atoms with van der Waals surface area (Å²) in [7, 11) is 1.50. The first kappa shape index (κ1) is 9.86. The van der Waals surface area contributed by atoms with Crippen molar-refractivity contribution in [2.24, 2.45) is 0 Å². The number of urea groups is 1. The molecule has 0 unspecified atom stereocenters. The average molecular weight is 190 g/mol. The third-order valence-electron chi connectivity index (χ3n) is 1.64. The molecule has 0 bridgehead atoms. The van der Waals surface area contributed by atoms with E-state index in [0.717, 1.165) is 0 Å². The summed E-state index contributed by atoms with van der Waals surface area (Å²) in [5.74, 6) is 0. The van der Waals surface area contributed by atoms with E-state index in [1.54, 1.807) is 12.1 Å². The Hall–Kier alpha value is -2.22. The number of carbonyl (C=O) groups excluding carboxylic acids is 1. The summed E-state index contributed by atoms with van der Waals surface area (Å²) in [5.41, 5.74) is 6.76. The van der Waals surface area contributed by atoms with Crippen molar-refractivity contribution in [2.75, 3.05) is 18.1 Å². The maximum Gasteiger partial charge on any atom is 0.319 e. The quantitative estimate of drug-likeness (QED) is 0.574. The number of nitrogens with zero attached hydrogens (tertiary/aromatic N) is 1. The van der Waals surface area contributed by atoms with E-state index in [1.807, 2.05) is 6.07 Å². The molecule has 0 aromatic heterocycles. The molecule has 72 valence electrons. The lowest BCUT2D eigenvalue weighted by atomic mass is 10.2. The molecule has 0 heterocycles. The molecule has 1 rings (SSSR count). The molecular weight excluding hydrogens is 180 g/mol. The van der Waals surface area contributed by atoms with Gasteiger partial charge in [-0.3, -0.25) is 0 Å². The van der Waals surface area contributed by atoms with Gasteiger partial charge in [0.2, 0.25) is 0 Å². The van der Waals surface area contributed by atoms with Crippen molar-refractivity contribution in [2.45, 2.75) is 0 Å². The van der Waals surface area contributed by atoms with E-state index in [1.165, 1.54) is 13.1 Å². The smallest absolute Gasteiger partial charge is 0.319 e. The number of amides is 2. The Labute approximate surface area is 81.5 Å². The second-order valence-electron chi connectivity index (χ2n) is 2.62. The number of nitrogens with two attached hydrogens (primary N) is 1. The van der Waals surface area contributed by atoms with Crippen LogP contribution < -0.4 is 16.4 Å². The minimum atomic E-state index is -0.369. The molecule has 5 nitrogen and oxygen atoms in total. The Kier molecular flexibility index (Phi) is 2.92. The van der Waals surface area contributed by atoms with E-state index in [9.17, 15) is 4.79 Å². The second kappa shape index (κ2) is 4.14. The monoisotopic (exact) mass is 190 g/mol. The predicted molar refractivity (Wildman–Crippen MR) is 53.6 cm³/mol. The molecule has 0 aliphatic heterocycles. The van der Waals surface area contributed by atoms with Gasteiger partial charge in [0.05, 0.1) is 11.3 Å². The van der Waals surface area contributed by atoms with Gasteiger partial charge in [0, 0.05) is 12.7 Å². The van der Waals surface area contributed by atoms with Crippen molar-refractivity contribution in [3.05, 3.63) is 23.8 Å². The normalized spacial score (nSPS) is 8.86. The Balaban J connectivity index is 2.98. The first-order valence-corrected chi connectivity index (χ1v) is 3.95. The van der Waals surface area contributed by atoms with Crippen LogP contribution in [0.15, 0.2) is 18.2 Å². The maximum absolute atomic E-state index is 11.0. The van der Waals surface area contributed by atoms with E-state index in [2.05, 4.69) is 10.6 Å². The Morgan fingerprint density at radius 2 is 2.29 bits per heavy atom. The van der Waals surface area contributed by atoms with Crippen molar-refractivity contribution in [1.82, 2.24) is 5.32 Å². The molecule has 0 aliphatic carbocycles. The number of carbonyl (C=O) groups is 1. The first-order valence-electron chi connectivity index (χ1n) is 3.95. The third kappa shape index (κ3) is 2.14. The van der Waals surface area contributed by atoms with Crippen molar-refractivity contribution < 1.29 is 4.79 Å². The number of nitrogens with one attached hydrogen (secondary N) is 2. The molecule has 5 heteroatoms. The molecule has 0 saturated heterocycles. The lowest BCUT2D eigenvalue weighted by Gasteiger charge is -2.06. The fraction of sp³-hybridized carbons (Fsp3) is 0.111. The molecule has 1 aromatic carbocycles. The van der Waals surface area contributed by atoms with Crippen LogP contribution in [0, 0.1) is 11.3 Å². The van der Waals surface area contributed by atoms with Gasteiger partial charge in [-0.05, 0) is 18.2 Å². The molecule has 0 fully saturated rings. The van der Waals surface area contributed by atoms with Crippen molar-refractivity contribution in [1.29, 1.82) is 5.26 Å². The second-order valence-corrected chi connectivity index (χ2v) is 2.62. The van der Waals surface area contributed by atoms with Gasteiger partial charge < -0.3 is 16.4 Å². The van der Waals surface area contributed by atoms with E-state index in [0.29, 0.717) is 16.9 Å². The summed E-state index contributed by atoms with van der Waals surface area (Å²) in [6.07, 6.45) is 0. The van der Waals surface area contributed by atoms with Crippen LogP contribution in [0.25, 0.3) is 0 Å². The molecule has 0 saturated carbocycles. The standard InChI is InChI=1S/C9H10N4O/c1-12-9(14)13-8-3-2-7(11)4-6(8)5-10/h2-4H,11H2,1H3,(H2,12,13,14). The van der Waals surface area contributed by atoms with Crippen LogP contribution in [0.4, 0.5) is 16.2 Å². The Morgan fingerprint density at radius 1 is 1.57 bits per heavy atom. The fourth-order valence-electron chi connectivity index (χ4n) is 0.948. The van der Waals surface area contributed by atoms with Gasteiger partial charge in [-0.15, -0.1) is 0 Å². The number of nitriles is 1. The van der Waals surface area contributed by atoms with E-state index < -0.39 is 0 Å². The maximum atomic E-state index is 11.0. The molecule has 0 aliphatic rings. The van der Waals surface area contributed by atoms with E-state index >= 15 is 0 Å². The van der Waals surface area contributed by atoms with Crippen LogP contribution in [-0.2, 0) is 0 Å². The molecule has 2 amide bonds. The van der Waals surface area contributed by atoms with Crippen molar-refractivity contribution >= 4 is 17.4 Å². The highest BCUT2D eigenvalue weighted by Crippen LogP contribution is 2.17. The van der Waals surface area contributed by atoms with Crippen LogP contribution in [0.5, 0.6) is 0 Å². The van der Waals surface area contributed by atoms with Crippen LogP contribution in [0.2, 0.25) is 0 Å². The fourth-order valence-corrected chi connectivity index (χ4v) is 0.948. The number of rotatable bonds is 1. The highest BCUT2D eigenvalue weighted by atomic mass is 16.2. The van der Waals surface area contributed by atoms with E-state index in [4.69, 9.17) is 11.0 Å². The summed E-state index contributed by atoms with van der Waals surface area (Å²) in [4.78, 5) is 11.0. The summed E-state index contributed by atoms with van der Waals surface area (Å²) in [5, 5.41) is 13.7. The zero-order valence-corrected chi connectivity index (χ0v) is 7.66. The number of anilines is 2. The highest BCUT2D eigenvalue weighted by Gasteiger charge is 2.04. The zero-order valence-electron chi connectivity index (χ0n) is 7.66. The number of hydrogen-bond donors (Lipinski definition) is 3. The lowest BCUT2D eigenvalue weighted by molar-refractivity contribution is 0.254. The minimum absolute atomic E-state index is 0.341. The molecule has 0 spiro atoms. The van der Waals surface area contributed by atoms with Crippen LogP contribution in [0.1, 0.15) is 5.56 Å². The predicted octanol–water partition coefficient (Wildman–Crippen LogP) is 0.892. The van der Waals surface area contributed by atoms with Crippen LogP contribution in [0.3, 0.4) is 0 Å². The molecule has 0 radical (unpaired) electrons. The first-order chi connectivity index (χ1) is 6.67. The van der Waals surface area contributed by atoms with Crippen LogP contribution >= 0.6 is 0 Å². The van der Waals surface area contributed by atoms with Crippen LogP contribution in [-0.4, -0.2) is 13.1 Å². The van der Waals surface area contributed by atoms with Crippen molar-refractivity contribution in [3.8, 4) is 6.07 Å². The van der Waals surface area contributed by atoms with Gasteiger partial charge in [-0.1, -0.05) is 0 Å².